The Hall–Kier alpha value is -2.16. The van der Waals surface area contributed by atoms with E-state index in [9.17, 15) is 0 Å². The van der Waals surface area contributed by atoms with Crippen molar-refractivity contribution in [3.8, 4) is 0 Å². The van der Waals surface area contributed by atoms with Crippen LogP contribution >= 0.6 is 0 Å². The number of anilines is 1. The molecule has 0 saturated carbocycles. The predicted octanol–water partition coefficient (Wildman–Crippen LogP) is 4.21. The van der Waals surface area contributed by atoms with Crippen LogP contribution in [0.15, 0.2) is 49.1 Å². The Labute approximate surface area is 120 Å². The van der Waals surface area contributed by atoms with Gasteiger partial charge < -0.3 is 5.32 Å². The van der Waals surface area contributed by atoms with Gasteiger partial charge in [-0.05, 0) is 38.3 Å². The Morgan fingerprint density at radius 3 is 2.40 bits per heavy atom. The first-order valence-corrected chi connectivity index (χ1v) is 6.93. The number of nitrogens with one attached hydrogen (secondary N) is 1. The van der Waals surface area contributed by atoms with Crippen LogP contribution < -0.4 is 5.32 Å². The largest absolute Gasteiger partial charge is 0.347 e. The maximum atomic E-state index is 4.46. The second kappa shape index (κ2) is 6.85. The van der Waals surface area contributed by atoms with Crippen LogP contribution in [-0.4, -0.2) is 9.97 Å². The third-order valence-electron chi connectivity index (χ3n) is 3.15. The highest BCUT2D eigenvalue weighted by Crippen LogP contribution is 2.22. The third-order valence-corrected chi connectivity index (χ3v) is 3.15. The number of nitrogens with zero attached hydrogens (tertiary/aromatic N) is 2. The molecule has 2 aromatic rings. The molecule has 1 unspecified atom stereocenters. The van der Waals surface area contributed by atoms with Crippen molar-refractivity contribution in [2.24, 2.45) is 0 Å². The lowest BCUT2D eigenvalue weighted by Gasteiger charge is -2.19. The maximum absolute atomic E-state index is 4.46. The zero-order chi connectivity index (χ0) is 14.4. The molecule has 1 heterocycles. The highest BCUT2D eigenvalue weighted by Gasteiger charge is 2.12. The van der Waals surface area contributed by atoms with Crippen molar-refractivity contribution >= 4 is 5.95 Å². The van der Waals surface area contributed by atoms with E-state index in [0.717, 1.165) is 24.2 Å². The smallest absolute Gasteiger partial charge is 0.223 e. The minimum absolute atomic E-state index is 0.204. The van der Waals surface area contributed by atoms with Crippen LogP contribution in [0.1, 0.15) is 35.8 Å². The van der Waals surface area contributed by atoms with E-state index in [2.05, 4.69) is 46.1 Å². The summed E-state index contributed by atoms with van der Waals surface area (Å²) in [7, 11) is 0. The van der Waals surface area contributed by atoms with Crippen LogP contribution in [0.2, 0.25) is 0 Å². The fourth-order valence-electron chi connectivity index (χ4n) is 2.24. The second-order valence-corrected chi connectivity index (χ2v) is 4.95. The second-order valence-electron chi connectivity index (χ2n) is 4.95. The monoisotopic (exact) mass is 267 g/mol. The van der Waals surface area contributed by atoms with Gasteiger partial charge in [0.2, 0.25) is 5.95 Å². The van der Waals surface area contributed by atoms with E-state index in [1.807, 2.05) is 32.1 Å². The van der Waals surface area contributed by atoms with Crippen molar-refractivity contribution in [2.45, 2.75) is 32.7 Å². The SMILES string of the molecule is C=CCCC(Nc1nc(C)cc(C)n1)c1ccccc1. The Kier molecular flexibility index (Phi) is 4.88. The van der Waals surface area contributed by atoms with E-state index in [-0.39, 0.29) is 6.04 Å². The Morgan fingerprint density at radius 1 is 1.15 bits per heavy atom. The molecule has 104 valence electrons. The van der Waals surface area contributed by atoms with Gasteiger partial charge in [0.05, 0.1) is 6.04 Å². The van der Waals surface area contributed by atoms with Crippen LogP contribution in [0.25, 0.3) is 0 Å². The molecule has 1 aromatic heterocycles. The van der Waals surface area contributed by atoms with E-state index in [1.54, 1.807) is 0 Å². The number of aromatic nitrogens is 2. The highest BCUT2D eigenvalue weighted by molar-refractivity contribution is 5.33. The van der Waals surface area contributed by atoms with Gasteiger partial charge in [0.25, 0.3) is 0 Å². The van der Waals surface area contributed by atoms with Crippen molar-refractivity contribution in [3.63, 3.8) is 0 Å². The van der Waals surface area contributed by atoms with E-state index >= 15 is 0 Å². The lowest BCUT2D eigenvalue weighted by atomic mass is 10.0. The molecule has 0 aliphatic carbocycles. The van der Waals surface area contributed by atoms with Gasteiger partial charge in [0.15, 0.2) is 0 Å². The number of rotatable bonds is 6. The van der Waals surface area contributed by atoms with Crippen LogP contribution in [0, 0.1) is 13.8 Å². The molecule has 1 N–H and O–H groups in total. The predicted molar refractivity (Wildman–Crippen MR) is 83.7 cm³/mol. The summed E-state index contributed by atoms with van der Waals surface area (Å²) in [5.74, 6) is 0.695. The molecule has 0 saturated heterocycles. The van der Waals surface area contributed by atoms with E-state index in [1.165, 1.54) is 5.56 Å². The van der Waals surface area contributed by atoms with Crippen molar-refractivity contribution in [2.75, 3.05) is 5.32 Å². The van der Waals surface area contributed by atoms with Crippen molar-refractivity contribution in [3.05, 3.63) is 66.0 Å². The standard InChI is InChI=1S/C17H21N3/c1-4-5-11-16(15-9-7-6-8-10-15)20-17-18-13(2)12-14(3)19-17/h4,6-10,12,16H,1,5,11H2,2-3H3,(H,18,19,20). The molecule has 0 spiro atoms. The maximum Gasteiger partial charge on any atom is 0.223 e. The molecule has 0 fully saturated rings. The van der Waals surface area contributed by atoms with Gasteiger partial charge in [-0.25, -0.2) is 9.97 Å². The lowest BCUT2D eigenvalue weighted by molar-refractivity contribution is 0.695. The van der Waals surface area contributed by atoms with Crippen LogP contribution in [0.3, 0.4) is 0 Å². The first-order chi connectivity index (χ1) is 9.69. The Bertz CT molecular complexity index is 543. The number of hydrogen-bond donors (Lipinski definition) is 1. The van der Waals surface area contributed by atoms with Gasteiger partial charge in [-0.1, -0.05) is 36.4 Å². The molecular formula is C17H21N3. The molecule has 1 aromatic carbocycles. The summed E-state index contributed by atoms with van der Waals surface area (Å²) in [5.41, 5.74) is 3.21. The third kappa shape index (κ3) is 3.92. The topological polar surface area (TPSA) is 37.8 Å². The summed E-state index contributed by atoms with van der Waals surface area (Å²) in [4.78, 5) is 8.92. The van der Waals surface area contributed by atoms with Gasteiger partial charge in [0, 0.05) is 11.4 Å². The molecule has 0 aliphatic rings. The Morgan fingerprint density at radius 2 is 1.80 bits per heavy atom. The molecule has 0 aliphatic heterocycles. The zero-order valence-corrected chi connectivity index (χ0v) is 12.1. The number of benzene rings is 1. The lowest BCUT2D eigenvalue weighted by Crippen LogP contribution is -2.13. The van der Waals surface area contributed by atoms with Gasteiger partial charge in [-0.2, -0.15) is 0 Å². The molecule has 1 atom stereocenters. The summed E-state index contributed by atoms with van der Waals surface area (Å²) < 4.78 is 0. The molecule has 0 bridgehead atoms. The molecular weight excluding hydrogens is 246 g/mol. The summed E-state index contributed by atoms with van der Waals surface area (Å²) in [6, 6.07) is 12.6. The van der Waals surface area contributed by atoms with E-state index in [4.69, 9.17) is 0 Å². The summed E-state index contributed by atoms with van der Waals surface area (Å²) in [6.45, 7) is 7.78. The number of aryl methyl sites for hydroxylation is 2. The fourth-order valence-corrected chi connectivity index (χ4v) is 2.24. The average Bonchev–Trinajstić information content (AvgIpc) is 2.43. The first kappa shape index (κ1) is 14.3. The van der Waals surface area contributed by atoms with Crippen LogP contribution in [0.4, 0.5) is 5.95 Å². The fraction of sp³-hybridized carbons (Fsp3) is 0.294. The van der Waals surface area contributed by atoms with Gasteiger partial charge >= 0.3 is 0 Å². The van der Waals surface area contributed by atoms with Gasteiger partial charge in [0.1, 0.15) is 0 Å². The number of hydrogen-bond acceptors (Lipinski definition) is 3. The molecule has 20 heavy (non-hydrogen) atoms. The number of allylic oxidation sites excluding steroid dienone is 1. The van der Waals surface area contributed by atoms with Crippen LogP contribution in [-0.2, 0) is 0 Å². The minimum atomic E-state index is 0.204. The summed E-state index contributed by atoms with van der Waals surface area (Å²) in [5, 5.41) is 3.44. The average molecular weight is 267 g/mol. The quantitative estimate of drug-likeness (QED) is 0.797. The molecule has 2 rings (SSSR count). The molecule has 0 radical (unpaired) electrons. The van der Waals surface area contributed by atoms with Crippen molar-refractivity contribution < 1.29 is 0 Å². The van der Waals surface area contributed by atoms with Crippen LogP contribution in [0.5, 0.6) is 0 Å². The first-order valence-electron chi connectivity index (χ1n) is 6.93. The van der Waals surface area contributed by atoms with E-state index in [0.29, 0.717) is 5.95 Å². The van der Waals surface area contributed by atoms with Gasteiger partial charge in [-0.15, -0.1) is 6.58 Å². The molecule has 3 nitrogen and oxygen atoms in total. The summed E-state index contributed by atoms with van der Waals surface area (Å²) in [6.07, 6.45) is 3.88. The van der Waals surface area contributed by atoms with Gasteiger partial charge in [-0.3, -0.25) is 0 Å². The van der Waals surface area contributed by atoms with Crippen molar-refractivity contribution in [1.82, 2.24) is 9.97 Å². The van der Waals surface area contributed by atoms with Crippen molar-refractivity contribution in [1.29, 1.82) is 0 Å². The molecule has 0 amide bonds. The highest BCUT2D eigenvalue weighted by atomic mass is 15.1. The summed E-state index contributed by atoms with van der Waals surface area (Å²) >= 11 is 0. The Balaban J connectivity index is 2.21. The normalized spacial score (nSPS) is 11.9. The minimum Gasteiger partial charge on any atom is -0.347 e. The van der Waals surface area contributed by atoms with E-state index < -0.39 is 0 Å². The zero-order valence-electron chi connectivity index (χ0n) is 12.1. The molecule has 3 heteroatoms.